The van der Waals surface area contributed by atoms with E-state index in [0.29, 0.717) is 11.3 Å². The molecular formula is C15H22O. The summed E-state index contributed by atoms with van der Waals surface area (Å²) in [6.45, 7) is 7.17. The van der Waals surface area contributed by atoms with E-state index < -0.39 is 0 Å². The van der Waals surface area contributed by atoms with Crippen LogP contribution in [0.4, 0.5) is 0 Å². The van der Waals surface area contributed by atoms with Crippen molar-refractivity contribution in [2.75, 3.05) is 0 Å². The molecule has 0 saturated carbocycles. The number of allylic oxidation sites excluding steroid dienone is 2. The molecule has 1 aliphatic carbocycles. The number of rotatable bonds is 3. The highest BCUT2D eigenvalue weighted by molar-refractivity contribution is 5.09. The van der Waals surface area contributed by atoms with Crippen molar-refractivity contribution >= 4 is 0 Å². The van der Waals surface area contributed by atoms with Gasteiger partial charge < -0.3 is 4.42 Å². The van der Waals surface area contributed by atoms with Crippen molar-refractivity contribution in [3.63, 3.8) is 0 Å². The Morgan fingerprint density at radius 3 is 2.88 bits per heavy atom. The van der Waals surface area contributed by atoms with Gasteiger partial charge in [0, 0.05) is 0 Å². The van der Waals surface area contributed by atoms with Gasteiger partial charge in [-0.1, -0.05) is 32.9 Å². The smallest absolute Gasteiger partial charge is 0.0934 e. The average Bonchev–Trinajstić information content (AvgIpc) is 2.76. The SMILES string of the molecule is CC1C=CC[C@@H](C)[C@@]1(C)CCc1ccoc1. The first-order chi connectivity index (χ1) is 7.63. The molecule has 2 rings (SSSR count). The Morgan fingerprint density at radius 2 is 2.25 bits per heavy atom. The largest absolute Gasteiger partial charge is 0.472 e. The fourth-order valence-corrected chi connectivity index (χ4v) is 2.75. The molecule has 0 radical (unpaired) electrons. The van der Waals surface area contributed by atoms with E-state index in [1.54, 1.807) is 6.26 Å². The third-order valence-corrected chi connectivity index (χ3v) is 4.61. The molecule has 1 nitrogen and oxygen atoms in total. The summed E-state index contributed by atoms with van der Waals surface area (Å²) in [5, 5.41) is 0. The predicted molar refractivity (Wildman–Crippen MR) is 67.2 cm³/mol. The van der Waals surface area contributed by atoms with Crippen molar-refractivity contribution in [2.24, 2.45) is 17.3 Å². The molecule has 16 heavy (non-hydrogen) atoms. The van der Waals surface area contributed by atoms with E-state index in [-0.39, 0.29) is 0 Å². The first-order valence-electron chi connectivity index (χ1n) is 6.30. The van der Waals surface area contributed by atoms with Crippen molar-refractivity contribution in [3.8, 4) is 0 Å². The molecule has 1 heteroatoms. The lowest BCUT2D eigenvalue weighted by molar-refractivity contribution is 0.120. The maximum absolute atomic E-state index is 5.13. The van der Waals surface area contributed by atoms with E-state index in [1.165, 1.54) is 18.4 Å². The Hall–Kier alpha value is -0.980. The zero-order valence-corrected chi connectivity index (χ0v) is 10.6. The van der Waals surface area contributed by atoms with Crippen LogP contribution in [0.1, 0.15) is 39.2 Å². The molecule has 0 aliphatic heterocycles. The molecule has 1 heterocycles. The minimum Gasteiger partial charge on any atom is -0.472 e. The molecule has 1 unspecified atom stereocenters. The van der Waals surface area contributed by atoms with Crippen LogP contribution in [0.25, 0.3) is 0 Å². The number of aryl methyl sites for hydroxylation is 1. The first-order valence-corrected chi connectivity index (χ1v) is 6.30. The second-order valence-corrected chi connectivity index (χ2v) is 5.49. The van der Waals surface area contributed by atoms with Crippen LogP contribution >= 0.6 is 0 Å². The van der Waals surface area contributed by atoms with E-state index in [0.717, 1.165) is 12.3 Å². The van der Waals surface area contributed by atoms with Crippen molar-refractivity contribution in [1.29, 1.82) is 0 Å². The molecule has 1 aromatic rings. The van der Waals surface area contributed by atoms with Crippen molar-refractivity contribution in [2.45, 2.75) is 40.0 Å². The fourth-order valence-electron chi connectivity index (χ4n) is 2.75. The molecule has 0 N–H and O–H groups in total. The molecule has 0 saturated heterocycles. The molecule has 0 fully saturated rings. The lowest BCUT2D eigenvalue weighted by Crippen LogP contribution is -2.34. The monoisotopic (exact) mass is 218 g/mol. The Kier molecular flexibility index (Phi) is 3.22. The quantitative estimate of drug-likeness (QED) is 0.683. The van der Waals surface area contributed by atoms with Gasteiger partial charge in [0.15, 0.2) is 0 Å². The number of hydrogen-bond acceptors (Lipinski definition) is 1. The molecule has 1 aliphatic rings. The van der Waals surface area contributed by atoms with Gasteiger partial charge in [-0.25, -0.2) is 0 Å². The molecule has 0 aromatic carbocycles. The van der Waals surface area contributed by atoms with Crippen LogP contribution in [0.5, 0.6) is 0 Å². The minimum absolute atomic E-state index is 0.437. The van der Waals surface area contributed by atoms with Crippen LogP contribution in [-0.4, -0.2) is 0 Å². The molecule has 88 valence electrons. The van der Waals surface area contributed by atoms with Crippen molar-refractivity contribution < 1.29 is 4.42 Å². The summed E-state index contributed by atoms with van der Waals surface area (Å²) in [5.74, 6) is 1.46. The highest BCUT2D eigenvalue weighted by Gasteiger charge is 2.36. The van der Waals surface area contributed by atoms with Gasteiger partial charge in [0.2, 0.25) is 0 Å². The first kappa shape index (κ1) is 11.5. The topological polar surface area (TPSA) is 13.1 Å². The second-order valence-electron chi connectivity index (χ2n) is 5.49. The minimum atomic E-state index is 0.437. The summed E-state index contributed by atoms with van der Waals surface area (Å²) in [5.41, 5.74) is 1.77. The van der Waals surface area contributed by atoms with Gasteiger partial charge in [-0.2, -0.15) is 0 Å². The summed E-state index contributed by atoms with van der Waals surface area (Å²) in [6, 6.07) is 2.08. The summed E-state index contributed by atoms with van der Waals surface area (Å²) in [6.07, 6.45) is 12.0. The normalized spacial score (nSPS) is 34.2. The molecule has 0 spiro atoms. The van der Waals surface area contributed by atoms with Gasteiger partial charge in [0.25, 0.3) is 0 Å². The van der Waals surface area contributed by atoms with E-state index in [1.807, 2.05) is 6.26 Å². The van der Waals surface area contributed by atoms with Crippen LogP contribution in [0, 0.1) is 17.3 Å². The van der Waals surface area contributed by atoms with E-state index in [2.05, 4.69) is 39.0 Å². The number of hydrogen-bond donors (Lipinski definition) is 0. The Balaban J connectivity index is 2.03. The predicted octanol–water partition coefficient (Wildman–Crippen LogP) is 4.45. The van der Waals surface area contributed by atoms with E-state index >= 15 is 0 Å². The standard InChI is InChI=1S/C15H22O/c1-12-5-4-6-13(2)15(12,3)9-7-14-8-10-16-11-14/h4-5,8,10-13H,6-7,9H2,1-3H3/t12?,13-,15+/m1/s1. The molecule has 0 bridgehead atoms. The Bertz CT molecular complexity index is 350. The zero-order chi connectivity index (χ0) is 11.6. The third-order valence-electron chi connectivity index (χ3n) is 4.61. The van der Waals surface area contributed by atoms with Gasteiger partial charge >= 0.3 is 0 Å². The van der Waals surface area contributed by atoms with Crippen LogP contribution in [0.15, 0.2) is 35.2 Å². The zero-order valence-electron chi connectivity index (χ0n) is 10.6. The lowest BCUT2D eigenvalue weighted by Gasteiger charge is -2.42. The van der Waals surface area contributed by atoms with Gasteiger partial charge in [0.05, 0.1) is 12.5 Å². The van der Waals surface area contributed by atoms with Crippen molar-refractivity contribution in [3.05, 3.63) is 36.3 Å². The Morgan fingerprint density at radius 1 is 1.44 bits per heavy atom. The maximum Gasteiger partial charge on any atom is 0.0934 e. The summed E-state index contributed by atoms with van der Waals surface area (Å²) in [4.78, 5) is 0. The summed E-state index contributed by atoms with van der Waals surface area (Å²) >= 11 is 0. The van der Waals surface area contributed by atoms with Crippen LogP contribution < -0.4 is 0 Å². The van der Waals surface area contributed by atoms with Gasteiger partial charge in [-0.05, 0) is 48.1 Å². The van der Waals surface area contributed by atoms with Gasteiger partial charge in [-0.15, -0.1) is 0 Å². The highest BCUT2D eigenvalue weighted by atomic mass is 16.3. The van der Waals surface area contributed by atoms with Crippen molar-refractivity contribution in [1.82, 2.24) is 0 Å². The van der Waals surface area contributed by atoms with Crippen LogP contribution in [0.2, 0.25) is 0 Å². The van der Waals surface area contributed by atoms with Crippen LogP contribution in [-0.2, 0) is 6.42 Å². The second kappa shape index (κ2) is 4.48. The molecule has 3 atom stereocenters. The summed E-state index contributed by atoms with van der Waals surface area (Å²) in [7, 11) is 0. The molecular weight excluding hydrogens is 196 g/mol. The fraction of sp³-hybridized carbons (Fsp3) is 0.600. The van der Waals surface area contributed by atoms with E-state index in [4.69, 9.17) is 4.42 Å². The average molecular weight is 218 g/mol. The van der Waals surface area contributed by atoms with Gasteiger partial charge in [0.1, 0.15) is 0 Å². The number of furan rings is 1. The molecule has 1 aromatic heterocycles. The van der Waals surface area contributed by atoms with E-state index in [9.17, 15) is 0 Å². The summed E-state index contributed by atoms with van der Waals surface area (Å²) < 4.78 is 5.13. The Labute approximate surface area is 98.5 Å². The lowest BCUT2D eigenvalue weighted by atomic mass is 9.63. The van der Waals surface area contributed by atoms with Crippen LogP contribution in [0.3, 0.4) is 0 Å². The molecule has 0 amide bonds. The third kappa shape index (κ3) is 2.09. The maximum atomic E-state index is 5.13. The van der Waals surface area contributed by atoms with Gasteiger partial charge in [-0.3, -0.25) is 0 Å². The highest BCUT2D eigenvalue weighted by Crippen LogP contribution is 2.45.